The van der Waals surface area contributed by atoms with Crippen molar-refractivity contribution in [1.29, 1.82) is 0 Å². The summed E-state index contributed by atoms with van der Waals surface area (Å²) in [7, 11) is 3.23. The largest absolute Gasteiger partial charge is 0.481 e. The number of rotatable bonds is 4. The molecule has 1 fully saturated rings. The van der Waals surface area contributed by atoms with E-state index in [2.05, 4.69) is 0 Å². The Morgan fingerprint density at radius 2 is 1.67 bits per heavy atom. The quantitative estimate of drug-likeness (QED) is 0.730. The van der Waals surface area contributed by atoms with E-state index < -0.39 is 17.2 Å². The van der Waals surface area contributed by atoms with Gasteiger partial charge in [0.05, 0.1) is 5.41 Å². The van der Waals surface area contributed by atoms with Crippen LogP contribution in [0.3, 0.4) is 0 Å². The molecule has 0 aliphatic heterocycles. The Morgan fingerprint density at radius 1 is 1.20 bits per heavy atom. The van der Waals surface area contributed by atoms with Gasteiger partial charge in [-0.15, -0.1) is 0 Å². The monoisotopic (exact) mass is 216 g/mol. The summed E-state index contributed by atoms with van der Waals surface area (Å²) in [6.45, 7) is 1.93. The molecule has 0 heterocycles. The maximum atomic E-state index is 11.2. The topological polar surface area (TPSA) is 55.8 Å². The van der Waals surface area contributed by atoms with Crippen molar-refractivity contribution in [2.75, 3.05) is 14.2 Å². The second-order valence-corrected chi connectivity index (χ2v) is 4.26. The molecule has 0 bridgehead atoms. The Hall–Kier alpha value is -0.610. The minimum Gasteiger partial charge on any atom is -0.481 e. The second-order valence-electron chi connectivity index (χ2n) is 4.26. The maximum Gasteiger partial charge on any atom is 0.309 e. The van der Waals surface area contributed by atoms with Crippen molar-refractivity contribution < 1.29 is 19.4 Å². The molecule has 88 valence electrons. The fourth-order valence-corrected chi connectivity index (χ4v) is 2.32. The van der Waals surface area contributed by atoms with E-state index in [1.54, 1.807) is 14.2 Å². The lowest BCUT2D eigenvalue weighted by atomic mass is 9.70. The van der Waals surface area contributed by atoms with E-state index in [9.17, 15) is 9.90 Å². The molecular formula is C11H20O4. The third-order valence-electron chi connectivity index (χ3n) is 3.84. The minimum atomic E-state index is -0.689. The van der Waals surface area contributed by atoms with Gasteiger partial charge < -0.3 is 14.6 Å². The van der Waals surface area contributed by atoms with Crippen LogP contribution in [0, 0.1) is 5.41 Å². The molecule has 0 saturated heterocycles. The summed E-state index contributed by atoms with van der Waals surface area (Å²) in [4.78, 5) is 11.2. The minimum absolute atomic E-state index is 0.561. The maximum absolute atomic E-state index is 11.2. The molecule has 0 atom stereocenters. The first-order valence-corrected chi connectivity index (χ1v) is 5.38. The van der Waals surface area contributed by atoms with Crippen molar-refractivity contribution in [3.63, 3.8) is 0 Å². The Bertz CT molecular complexity index is 223. The summed E-state index contributed by atoms with van der Waals surface area (Å²) in [5.41, 5.74) is -0.569. The molecule has 0 unspecified atom stereocenters. The van der Waals surface area contributed by atoms with Gasteiger partial charge in [-0.05, 0) is 19.3 Å². The first-order chi connectivity index (χ1) is 7.04. The molecule has 0 spiro atoms. The Labute approximate surface area is 90.6 Å². The van der Waals surface area contributed by atoms with E-state index in [0.717, 1.165) is 0 Å². The van der Waals surface area contributed by atoms with Crippen LogP contribution < -0.4 is 0 Å². The van der Waals surface area contributed by atoms with Gasteiger partial charge in [0.15, 0.2) is 5.79 Å². The molecule has 1 rings (SSSR count). The number of methoxy groups -OCH3 is 2. The summed E-state index contributed by atoms with van der Waals surface area (Å²) in [5, 5.41) is 9.22. The fraction of sp³-hybridized carbons (Fsp3) is 0.909. The third kappa shape index (κ3) is 2.16. The normalized spacial score (nSPS) is 23.7. The molecule has 0 radical (unpaired) electrons. The van der Waals surface area contributed by atoms with Gasteiger partial charge in [-0.1, -0.05) is 6.92 Å². The average Bonchev–Trinajstić information content (AvgIpc) is 2.29. The third-order valence-corrected chi connectivity index (χ3v) is 3.84. The zero-order valence-corrected chi connectivity index (χ0v) is 9.71. The lowest BCUT2D eigenvalue weighted by Crippen LogP contribution is -2.44. The molecule has 0 aromatic carbocycles. The number of aliphatic carboxylic acids is 1. The number of ether oxygens (including phenoxy) is 2. The molecule has 0 aromatic rings. The predicted molar refractivity (Wildman–Crippen MR) is 55.6 cm³/mol. The number of carboxylic acids is 1. The molecule has 1 N–H and O–H groups in total. The zero-order valence-electron chi connectivity index (χ0n) is 9.71. The van der Waals surface area contributed by atoms with Crippen LogP contribution in [0.15, 0.2) is 0 Å². The molecule has 0 amide bonds. The van der Waals surface area contributed by atoms with Crippen molar-refractivity contribution in [3.8, 4) is 0 Å². The molecule has 1 aliphatic rings. The standard InChI is InChI=1S/C11H20O4/c1-4-10(9(12)13)5-7-11(14-2,15-3)8-6-10/h4-8H2,1-3H3,(H,12,13). The number of carboxylic acid groups (broad SMARTS) is 1. The van der Waals surface area contributed by atoms with Crippen LogP contribution in [0.25, 0.3) is 0 Å². The summed E-state index contributed by atoms with van der Waals surface area (Å²) in [6.07, 6.45) is 3.23. The van der Waals surface area contributed by atoms with Crippen molar-refractivity contribution >= 4 is 5.97 Å². The highest BCUT2D eigenvalue weighted by molar-refractivity contribution is 5.74. The van der Waals surface area contributed by atoms with Crippen LogP contribution in [-0.4, -0.2) is 31.1 Å². The van der Waals surface area contributed by atoms with Gasteiger partial charge in [-0.3, -0.25) is 4.79 Å². The van der Waals surface area contributed by atoms with Gasteiger partial charge in [0.25, 0.3) is 0 Å². The lowest BCUT2D eigenvalue weighted by molar-refractivity contribution is -0.235. The highest BCUT2D eigenvalue weighted by atomic mass is 16.7. The number of hydrogen-bond donors (Lipinski definition) is 1. The lowest BCUT2D eigenvalue weighted by Gasteiger charge is -2.42. The Morgan fingerprint density at radius 3 is 1.93 bits per heavy atom. The Kier molecular flexibility index (Phi) is 3.73. The van der Waals surface area contributed by atoms with Crippen LogP contribution in [-0.2, 0) is 14.3 Å². The van der Waals surface area contributed by atoms with Gasteiger partial charge in [0, 0.05) is 27.1 Å². The molecule has 4 heteroatoms. The van der Waals surface area contributed by atoms with E-state index in [4.69, 9.17) is 9.47 Å². The van der Waals surface area contributed by atoms with E-state index in [1.165, 1.54) is 0 Å². The van der Waals surface area contributed by atoms with Gasteiger partial charge in [-0.25, -0.2) is 0 Å². The van der Waals surface area contributed by atoms with Crippen LogP contribution in [0.4, 0.5) is 0 Å². The first-order valence-electron chi connectivity index (χ1n) is 5.38. The molecular weight excluding hydrogens is 196 g/mol. The molecule has 0 aromatic heterocycles. The summed E-state index contributed by atoms with van der Waals surface area (Å²) in [6, 6.07) is 0. The van der Waals surface area contributed by atoms with Crippen LogP contribution in [0.2, 0.25) is 0 Å². The smallest absolute Gasteiger partial charge is 0.309 e. The van der Waals surface area contributed by atoms with Crippen molar-refractivity contribution in [1.82, 2.24) is 0 Å². The molecule has 1 saturated carbocycles. The zero-order chi connectivity index (χ0) is 11.5. The van der Waals surface area contributed by atoms with Gasteiger partial charge in [0.1, 0.15) is 0 Å². The van der Waals surface area contributed by atoms with Crippen LogP contribution in [0.1, 0.15) is 39.0 Å². The van der Waals surface area contributed by atoms with Gasteiger partial charge >= 0.3 is 5.97 Å². The summed E-state index contributed by atoms with van der Waals surface area (Å²) in [5.74, 6) is -1.25. The van der Waals surface area contributed by atoms with E-state index in [-0.39, 0.29) is 0 Å². The predicted octanol–water partition coefficient (Wildman–Crippen LogP) is 2.03. The van der Waals surface area contributed by atoms with Crippen LogP contribution >= 0.6 is 0 Å². The van der Waals surface area contributed by atoms with Crippen molar-refractivity contribution in [3.05, 3.63) is 0 Å². The van der Waals surface area contributed by atoms with Gasteiger partial charge in [0.2, 0.25) is 0 Å². The highest BCUT2D eigenvalue weighted by Gasteiger charge is 2.46. The van der Waals surface area contributed by atoms with Crippen LogP contribution in [0.5, 0.6) is 0 Å². The molecule has 1 aliphatic carbocycles. The van der Waals surface area contributed by atoms with E-state index >= 15 is 0 Å². The SMILES string of the molecule is CCC1(C(=O)O)CCC(OC)(OC)CC1. The van der Waals surface area contributed by atoms with Crippen molar-refractivity contribution in [2.45, 2.75) is 44.8 Å². The summed E-state index contributed by atoms with van der Waals surface area (Å²) < 4.78 is 10.7. The van der Waals surface area contributed by atoms with E-state index in [0.29, 0.717) is 32.1 Å². The fourth-order valence-electron chi connectivity index (χ4n) is 2.32. The second kappa shape index (κ2) is 4.49. The van der Waals surface area contributed by atoms with E-state index in [1.807, 2.05) is 6.92 Å². The molecule has 15 heavy (non-hydrogen) atoms. The number of carbonyl (C=O) groups is 1. The Balaban J connectivity index is 2.72. The van der Waals surface area contributed by atoms with Gasteiger partial charge in [-0.2, -0.15) is 0 Å². The first kappa shape index (κ1) is 12.5. The van der Waals surface area contributed by atoms with Crippen molar-refractivity contribution in [2.24, 2.45) is 5.41 Å². The number of hydrogen-bond acceptors (Lipinski definition) is 3. The summed E-state index contributed by atoms with van der Waals surface area (Å²) >= 11 is 0. The molecule has 4 nitrogen and oxygen atoms in total. The average molecular weight is 216 g/mol. The highest BCUT2D eigenvalue weighted by Crippen LogP contribution is 2.44.